The molecule has 0 saturated carbocycles. The first-order valence-electron chi connectivity index (χ1n) is 12.2. The molecule has 0 bridgehead atoms. The fraction of sp³-hybridized carbons (Fsp3) is 0.233. The monoisotopic (exact) mass is 531 g/mol. The average molecular weight is 532 g/mol. The maximum atomic E-state index is 13.9. The highest BCUT2D eigenvalue weighted by molar-refractivity contribution is 6.34. The molecule has 5 rings (SSSR count). The normalized spacial score (nSPS) is 19.3. The number of benzene rings is 3. The number of allylic oxidation sites excluding steroid dienone is 2. The molecule has 0 aromatic heterocycles. The third kappa shape index (κ3) is 4.54. The molecule has 38 heavy (non-hydrogen) atoms. The van der Waals surface area contributed by atoms with E-state index < -0.39 is 11.9 Å². The van der Waals surface area contributed by atoms with Crippen LogP contribution in [-0.2, 0) is 9.59 Å². The van der Waals surface area contributed by atoms with Gasteiger partial charge in [-0.3, -0.25) is 14.5 Å². The standard InChI is InChI=1S/C30H26ClNO6/c1-37-20-9-10-21(27(15-20)38-2)22-16-28(34)32(24-12-18(30(35)36)8-11-23(24)31)25-13-19(14-26(33)29(22)25)17-6-4-3-5-7-17/h3-12,15,19,22H,13-14,16H2,1-2H3,(H,35,36). The van der Waals surface area contributed by atoms with E-state index in [0.29, 0.717) is 41.2 Å². The summed E-state index contributed by atoms with van der Waals surface area (Å²) in [7, 11) is 3.09. The van der Waals surface area contributed by atoms with E-state index in [9.17, 15) is 19.5 Å². The van der Waals surface area contributed by atoms with Gasteiger partial charge in [-0.05, 0) is 42.2 Å². The summed E-state index contributed by atoms with van der Waals surface area (Å²) in [5, 5.41) is 9.81. The van der Waals surface area contributed by atoms with Gasteiger partial charge in [-0.1, -0.05) is 48.0 Å². The van der Waals surface area contributed by atoms with Crippen LogP contribution in [0.4, 0.5) is 5.69 Å². The summed E-state index contributed by atoms with van der Waals surface area (Å²) in [6, 6.07) is 19.3. The lowest BCUT2D eigenvalue weighted by Gasteiger charge is -2.41. The van der Waals surface area contributed by atoms with Crippen LogP contribution in [0.15, 0.2) is 78.0 Å². The molecule has 0 saturated heterocycles. The number of carbonyl (C=O) groups is 3. The molecule has 2 aliphatic rings. The molecule has 2 unspecified atom stereocenters. The smallest absolute Gasteiger partial charge is 0.335 e. The largest absolute Gasteiger partial charge is 0.497 e. The van der Waals surface area contributed by atoms with Gasteiger partial charge in [-0.15, -0.1) is 0 Å². The van der Waals surface area contributed by atoms with Gasteiger partial charge in [0.25, 0.3) is 0 Å². The van der Waals surface area contributed by atoms with E-state index >= 15 is 0 Å². The summed E-state index contributed by atoms with van der Waals surface area (Å²) in [5.74, 6) is -1.03. The number of carboxylic acid groups (broad SMARTS) is 1. The summed E-state index contributed by atoms with van der Waals surface area (Å²) < 4.78 is 11.0. The second kappa shape index (κ2) is 10.3. The van der Waals surface area contributed by atoms with Crippen molar-refractivity contribution >= 4 is 34.9 Å². The lowest BCUT2D eigenvalue weighted by atomic mass is 9.72. The molecule has 1 heterocycles. The number of Topliss-reactive ketones (excluding diaryl/α,β-unsaturated/α-hetero) is 1. The van der Waals surface area contributed by atoms with E-state index in [1.807, 2.05) is 36.4 Å². The first-order valence-corrected chi connectivity index (χ1v) is 12.6. The Bertz CT molecular complexity index is 1460. The van der Waals surface area contributed by atoms with Crippen LogP contribution in [0.2, 0.25) is 5.02 Å². The quantitative estimate of drug-likeness (QED) is 0.421. The van der Waals surface area contributed by atoms with Crippen LogP contribution >= 0.6 is 11.6 Å². The van der Waals surface area contributed by atoms with Crippen molar-refractivity contribution in [3.8, 4) is 11.5 Å². The molecule has 3 aromatic carbocycles. The van der Waals surface area contributed by atoms with E-state index in [0.717, 1.165) is 5.56 Å². The number of anilines is 1. The number of carbonyl (C=O) groups excluding carboxylic acids is 2. The van der Waals surface area contributed by atoms with Crippen LogP contribution in [0.1, 0.15) is 52.6 Å². The predicted octanol–water partition coefficient (Wildman–Crippen LogP) is 5.98. The van der Waals surface area contributed by atoms with Gasteiger partial charge in [0.1, 0.15) is 11.5 Å². The van der Waals surface area contributed by atoms with Crippen molar-refractivity contribution in [1.29, 1.82) is 0 Å². The van der Waals surface area contributed by atoms with Crippen molar-refractivity contribution in [2.45, 2.75) is 31.1 Å². The molecule has 3 aromatic rings. The molecule has 1 N–H and O–H groups in total. The van der Waals surface area contributed by atoms with Crippen molar-refractivity contribution in [3.63, 3.8) is 0 Å². The van der Waals surface area contributed by atoms with Gasteiger partial charge >= 0.3 is 5.97 Å². The number of carboxylic acids is 1. The van der Waals surface area contributed by atoms with Gasteiger partial charge in [-0.25, -0.2) is 4.79 Å². The van der Waals surface area contributed by atoms with Gasteiger partial charge in [0.15, 0.2) is 5.78 Å². The Balaban J connectivity index is 1.71. The van der Waals surface area contributed by atoms with E-state index in [4.69, 9.17) is 21.1 Å². The molecule has 194 valence electrons. The number of ether oxygens (including phenoxy) is 2. The zero-order chi connectivity index (χ0) is 27.0. The number of aromatic carboxylic acids is 1. The molecular weight excluding hydrogens is 506 g/mol. The molecule has 2 atom stereocenters. The topological polar surface area (TPSA) is 93.1 Å². The molecule has 1 aliphatic carbocycles. The third-order valence-corrected chi connectivity index (χ3v) is 7.57. The molecule has 0 spiro atoms. The summed E-state index contributed by atoms with van der Waals surface area (Å²) in [4.78, 5) is 40.9. The van der Waals surface area contributed by atoms with Gasteiger partial charge in [0, 0.05) is 41.7 Å². The van der Waals surface area contributed by atoms with Gasteiger partial charge < -0.3 is 14.6 Å². The third-order valence-electron chi connectivity index (χ3n) is 7.25. The second-order valence-electron chi connectivity index (χ2n) is 9.36. The molecule has 7 nitrogen and oxygen atoms in total. The van der Waals surface area contributed by atoms with Crippen LogP contribution in [0.5, 0.6) is 11.5 Å². The SMILES string of the molecule is COc1ccc(C2CC(=O)N(c3cc(C(=O)O)ccc3Cl)C3=C2C(=O)CC(c2ccccc2)C3)c(OC)c1. The Hall–Kier alpha value is -4.10. The average Bonchev–Trinajstić information content (AvgIpc) is 2.93. The van der Waals surface area contributed by atoms with Crippen LogP contribution < -0.4 is 14.4 Å². The number of hydrogen-bond acceptors (Lipinski definition) is 5. The summed E-state index contributed by atoms with van der Waals surface area (Å²) >= 11 is 6.53. The van der Waals surface area contributed by atoms with Crippen LogP contribution in [-0.4, -0.2) is 37.0 Å². The first kappa shape index (κ1) is 25.5. The van der Waals surface area contributed by atoms with Crippen LogP contribution in [0.3, 0.4) is 0 Å². The Morgan fingerprint density at radius 3 is 2.39 bits per heavy atom. The van der Waals surface area contributed by atoms with Crippen molar-refractivity contribution in [2.24, 2.45) is 0 Å². The number of rotatable bonds is 6. The molecule has 1 aliphatic heterocycles. The van der Waals surface area contributed by atoms with Crippen molar-refractivity contribution in [1.82, 2.24) is 0 Å². The zero-order valence-corrected chi connectivity index (χ0v) is 21.7. The van der Waals surface area contributed by atoms with E-state index in [-0.39, 0.29) is 40.3 Å². The summed E-state index contributed by atoms with van der Waals surface area (Å²) in [6.45, 7) is 0. The number of hydrogen-bond donors (Lipinski definition) is 1. The van der Waals surface area contributed by atoms with E-state index in [2.05, 4.69) is 0 Å². The number of ketones is 1. The van der Waals surface area contributed by atoms with Crippen LogP contribution in [0.25, 0.3) is 0 Å². The van der Waals surface area contributed by atoms with Crippen molar-refractivity contribution in [3.05, 3.63) is 99.7 Å². The minimum Gasteiger partial charge on any atom is -0.497 e. The Morgan fingerprint density at radius 1 is 0.947 bits per heavy atom. The molecular formula is C30H26ClNO6. The first-order chi connectivity index (χ1) is 18.3. The minimum absolute atomic E-state index is 0.0000393. The molecule has 8 heteroatoms. The van der Waals surface area contributed by atoms with E-state index in [1.54, 1.807) is 19.2 Å². The molecule has 0 radical (unpaired) electrons. The van der Waals surface area contributed by atoms with Crippen molar-refractivity contribution < 1.29 is 29.0 Å². The number of methoxy groups -OCH3 is 2. The van der Waals surface area contributed by atoms with Gasteiger partial charge in [-0.2, -0.15) is 0 Å². The zero-order valence-electron chi connectivity index (χ0n) is 20.9. The summed E-state index contributed by atoms with van der Waals surface area (Å²) in [6.07, 6.45) is 0.707. The van der Waals surface area contributed by atoms with Crippen LogP contribution in [0, 0.1) is 0 Å². The maximum Gasteiger partial charge on any atom is 0.335 e. The number of nitrogens with zero attached hydrogens (tertiary/aromatic N) is 1. The molecule has 1 amide bonds. The minimum atomic E-state index is -1.13. The maximum absolute atomic E-state index is 13.9. The fourth-order valence-corrected chi connectivity index (χ4v) is 5.67. The Labute approximate surface area is 225 Å². The molecule has 0 fully saturated rings. The highest BCUT2D eigenvalue weighted by Crippen LogP contribution is 2.49. The predicted molar refractivity (Wildman–Crippen MR) is 143 cm³/mol. The highest BCUT2D eigenvalue weighted by atomic mass is 35.5. The lowest BCUT2D eigenvalue weighted by Crippen LogP contribution is -2.42. The van der Waals surface area contributed by atoms with Crippen molar-refractivity contribution in [2.75, 3.05) is 19.1 Å². The Kier molecular flexibility index (Phi) is 6.95. The fourth-order valence-electron chi connectivity index (χ4n) is 5.47. The van der Waals surface area contributed by atoms with Gasteiger partial charge in [0.05, 0.1) is 30.5 Å². The van der Waals surface area contributed by atoms with E-state index in [1.165, 1.54) is 30.2 Å². The Morgan fingerprint density at radius 2 is 1.71 bits per heavy atom. The second-order valence-corrected chi connectivity index (χ2v) is 9.77. The number of amides is 1. The summed E-state index contributed by atoms with van der Waals surface area (Å²) in [5.41, 5.74) is 3.03. The van der Waals surface area contributed by atoms with Gasteiger partial charge in [0.2, 0.25) is 5.91 Å². The number of halogens is 1. The highest BCUT2D eigenvalue weighted by Gasteiger charge is 2.43. The lowest BCUT2D eigenvalue weighted by molar-refractivity contribution is -0.120.